The predicted octanol–water partition coefficient (Wildman–Crippen LogP) is 4.62. The maximum atomic E-state index is 11.8. The van der Waals surface area contributed by atoms with Crippen molar-refractivity contribution >= 4 is 16.6 Å². The number of fused-ring (bicyclic) bond motifs is 1. The SMILES string of the molecule is CCCOc1ccc2c(OCCC)c(C(C)=O)ccc2c1. The highest BCUT2D eigenvalue weighted by atomic mass is 16.5. The Morgan fingerprint density at radius 1 is 1.00 bits per heavy atom. The molecule has 0 bridgehead atoms. The summed E-state index contributed by atoms with van der Waals surface area (Å²) in [6.45, 7) is 7.01. The molecule has 3 heteroatoms. The zero-order valence-electron chi connectivity index (χ0n) is 12.9. The van der Waals surface area contributed by atoms with Gasteiger partial charge in [0.25, 0.3) is 0 Å². The maximum absolute atomic E-state index is 11.8. The quantitative estimate of drug-likeness (QED) is 0.697. The third kappa shape index (κ3) is 3.54. The highest BCUT2D eigenvalue weighted by molar-refractivity contribution is 6.04. The Balaban J connectivity index is 2.47. The molecule has 0 saturated heterocycles. The third-order valence-corrected chi connectivity index (χ3v) is 3.24. The molecule has 2 aromatic rings. The summed E-state index contributed by atoms with van der Waals surface area (Å²) < 4.78 is 11.5. The van der Waals surface area contributed by atoms with E-state index in [0.29, 0.717) is 24.5 Å². The maximum Gasteiger partial charge on any atom is 0.163 e. The summed E-state index contributed by atoms with van der Waals surface area (Å²) in [6.07, 6.45) is 1.89. The summed E-state index contributed by atoms with van der Waals surface area (Å²) >= 11 is 0. The fraction of sp³-hybridized carbons (Fsp3) is 0.389. The molecule has 2 aromatic carbocycles. The van der Waals surface area contributed by atoms with Crippen LogP contribution < -0.4 is 9.47 Å². The monoisotopic (exact) mass is 286 g/mol. The van der Waals surface area contributed by atoms with E-state index in [0.717, 1.165) is 29.4 Å². The van der Waals surface area contributed by atoms with Gasteiger partial charge in [-0.3, -0.25) is 4.79 Å². The molecule has 112 valence electrons. The van der Waals surface area contributed by atoms with Crippen LogP contribution in [-0.2, 0) is 0 Å². The van der Waals surface area contributed by atoms with Crippen LogP contribution in [0.25, 0.3) is 10.8 Å². The molecule has 0 atom stereocenters. The van der Waals surface area contributed by atoms with Crippen molar-refractivity contribution in [1.82, 2.24) is 0 Å². The van der Waals surface area contributed by atoms with Crippen LogP contribution in [0.15, 0.2) is 30.3 Å². The van der Waals surface area contributed by atoms with Crippen LogP contribution >= 0.6 is 0 Å². The van der Waals surface area contributed by atoms with Gasteiger partial charge in [-0.2, -0.15) is 0 Å². The van der Waals surface area contributed by atoms with Crippen molar-refractivity contribution in [2.24, 2.45) is 0 Å². The number of carbonyl (C=O) groups excluding carboxylic acids is 1. The van der Waals surface area contributed by atoms with Crippen molar-refractivity contribution in [2.45, 2.75) is 33.6 Å². The Morgan fingerprint density at radius 2 is 1.71 bits per heavy atom. The second kappa shape index (κ2) is 7.11. The summed E-state index contributed by atoms with van der Waals surface area (Å²) in [5.41, 5.74) is 0.637. The van der Waals surface area contributed by atoms with Gasteiger partial charge in [-0.25, -0.2) is 0 Å². The number of hydrogen-bond donors (Lipinski definition) is 0. The van der Waals surface area contributed by atoms with Crippen molar-refractivity contribution in [3.05, 3.63) is 35.9 Å². The minimum Gasteiger partial charge on any atom is -0.494 e. The Hall–Kier alpha value is -2.03. The van der Waals surface area contributed by atoms with Gasteiger partial charge in [0.1, 0.15) is 11.5 Å². The number of hydrogen-bond acceptors (Lipinski definition) is 3. The van der Waals surface area contributed by atoms with E-state index < -0.39 is 0 Å². The first kappa shape index (κ1) is 15.4. The highest BCUT2D eigenvalue weighted by Gasteiger charge is 2.13. The molecular formula is C18H22O3. The van der Waals surface area contributed by atoms with Gasteiger partial charge in [0.05, 0.1) is 18.8 Å². The van der Waals surface area contributed by atoms with Crippen LogP contribution in [0.2, 0.25) is 0 Å². The molecule has 0 aliphatic carbocycles. The second-order valence-electron chi connectivity index (χ2n) is 5.08. The average molecular weight is 286 g/mol. The molecule has 0 aromatic heterocycles. The van der Waals surface area contributed by atoms with Gasteiger partial charge >= 0.3 is 0 Å². The fourth-order valence-corrected chi connectivity index (χ4v) is 2.23. The predicted molar refractivity (Wildman–Crippen MR) is 85.5 cm³/mol. The standard InChI is InChI=1S/C18H22O3/c1-4-10-20-15-7-9-17-14(12-15)6-8-16(13(3)19)18(17)21-11-5-2/h6-9,12H,4-5,10-11H2,1-3H3. The lowest BCUT2D eigenvalue weighted by Gasteiger charge is -2.13. The molecule has 0 amide bonds. The van der Waals surface area contributed by atoms with Gasteiger partial charge in [-0.1, -0.05) is 19.9 Å². The van der Waals surface area contributed by atoms with E-state index in [1.54, 1.807) is 6.92 Å². The number of Topliss-reactive ketones (excluding diaryl/α,β-unsaturated/α-hetero) is 1. The molecule has 0 unspecified atom stereocenters. The van der Waals surface area contributed by atoms with Crippen LogP contribution in [0.5, 0.6) is 11.5 Å². The smallest absolute Gasteiger partial charge is 0.163 e. The van der Waals surface area contributed by atoms with Gasteiger partial charge in [-0.15, -0.1) is 0 Å². The van der Waals surface area contributed by atoms with E-state index in [2.05, 4.69) is 13.8 Å². The van der Waals surface area contributed by atoms with Crippen molar-refractivity contribution in [3.8, 4) is 11.5 Å². The Labute approximate surface area is 125 Å². The Bertz CT molecular complexity index is 632. The van der Waals surface area contributed by atoms with Crippen LogP contribution in [-0.4, -0.2) is 19.0 Å². The Morgan fingerprint density at radius 3 is 2.38 bits per heavy atom. The molecule has 0 aliphatic rings. The molecule has 0 radical (unpaired) electrons. The number of ketones is 1. The molecule has 2 rings (SSSR count). The topological polar surface area (TPSA) is 35.5 Å². The first-order valence-electron chi connectivity index (χ1n) is 7.50. The third-order valence-electron chi connectivity index (χ3n) is 3.24. The second-order valence-corrected chi connectivity index (χ2v) is 5.08. The lowest BCUT2D eigenvalue weighted by atomic mass is 10.0. The lowest BCUT2D eigenvalue weighted by Crippen LogP contribution is -2.03. The molecule has 0 fully saturated rings. The zero-order chi connectivity index (χ0) is 15.2. The zero-order valence-corrected chi connectivity index (χ0v) is 12.9. The number of ether oxygens (including phenoxy) is 2. The number of benzene rings is 2. The molecule has 0 spiro atoms. The fourth-order valence-electron chi connectivity index (χ4n) is 2.23. The van der Waals surface area contributed by atoms with Crippen LogP contribution in [0.1, 0.15) is 44.0 Å². The lowest BCUT2D eigenvalue weighted by molar-refractivity contribution is 0.101. The van der Waals surface area contributed by atoms with Crippen molar-refractivity contribution < 1.29 is 14.3 Å². The van der Waals surface area contributed by atoms with E-state index in [1.165, 1.54) is 0 Å². The van der Waals surface area contributed by atoms with Gasteiger partial charge in [-0.05, 0) is 49.4 Å². The van der Waals surface area contributed by atoms with Crippen LogP contribution in [0, 0.1) is 0 Å². The van der Waals surface area contributed by atoms with Crippen molar-refractivity contribution in [2.75, 3.05) is 13.2 Å². The summed E-state index contributed by atoms with van der Waals surface area (Å²) in [5, 5.41) is 1.99. The van der Waals surface area contributed by atoms with Gasteiger partial charge in [0.15, 0.2) is 5.78 Å². The van der Waals surface area contributed by atoms with Crippen molar-refractivity contribution in [1.29, 1.82) is 0 Å². The Kier molecular flexibility index (Phi) is 5.20. The minimum absolute atomic E-state index is 0.0225. The molecule has 3 nitrogen and oxygen atoms in total. The van der Waals surface area contributed by atoms with E-state index >= 15 is 0 Å². The summed E-state index contributed by atoms with van der Waals surface area (Å²) in [7, 11) is 0. The van der Waals surface area contributed by atoms with Crippen molar-refractivity contribution in [3.63, 3.8) is 0 Å². The summed E-state index contributed by atoms with van der Waals surface area (Å²) in [5.74, 6) is 1.56. The largest absolute Gasteiger partial charge is 0.494 e. The molecule has 0 saturated carbocycles. The molecule has 0 heterocycles. The molecule has 21 heavy (non-hydrogen) atoms. The van der Waals surface area contributed by atoms with Gasteiger partial charge < -0.3 is 9.47 Å². The molecular weight excluding hydrogens is 264 g/mol. The number of carbonyl (C=O) groups is 1. The van der Waals surface area contributed by atoms with E-state index in [-0.39, 0.29) is 5.78 Å². The molecule has 0 aliphatic heterocycles. The average Bonchev–Trinajstić information content (AvgIpc) is 2.49. The van der Waals surface area contributed by atoms with Gasteiger partial charge in [0.2, 0.25) is 0 Å². The first-order valence-corrected chi connectivity index (χ1v) is 7.50. The highest BCUT2D eigenvalue weighted by Crippen LogP contribution is 2.32. The normalized spacial score (nSPS) is 10.6. The van der Waals surface area contributed by atoms with Crippen LogP contribution in [0.4, 0.5) is 0 Å². The van der Waals surface area contributed by atoms with E-state index in [9.17, 15) is 4.79 Å². The van der Waals surface area contributed by atoms with E-state index in [1.807, 2.05) is 30.3 Å². The van der Waals surface area contributed by atoms with E-state index in [4.69, 9.17) is 9.47 Å². The minimum atomic E-state index is 0.0225. The van der Waals surface area contributed by atoms with Crippen LogP contribution in [0.3, 0.4) is 0 Å². The number of rotatable bonds is 7. The summed E-state index contributed by atoms with van der Waals surface area (Å²) in [4.78, 5) is 11.8. The molecule has 0 N–H and O–H groups in total. The summed E-state index contributed by atoms with van der Waals surface area (Å²) in [6, 6.07) is 9.68. The first-order chi connectivity index (χ1) is 10.2. The van der Waals surface area contributed by atoms with Gasteiger partial charge in [0, 0.05) is 5.39 Å².